The van der Waals surface area contributed by atoms with Gasteiger partial charge in [0.1, 0.15) is 46.6 Å². The molecule has 0 unspecified atom stereocenters. The summed E-state index contributed by atoms with van der Waals surface area (Å²) < 4.78 is 51.6. The fraction of sp³-hybridized carbons (Fsp3) is 0.478. The number of aromatic nitrogens is 2. The maximum atomic E-state index is 14.8. The number of sulfonamides is 1. The summed E-state index contributed by atoms with van der Waals surface area (Å²) in [7, 11) is -2.69. The number of nitrogens with one attached hydrogen (secondary N) is 3. The van der Waals surface area contributed by atoms with Crippen LogP contribution in [0.1, 0.15) is 78.7 Å². The van der Waals surface area contributed by atoms with Crippen LogP contribution in [-0.2, 0) is 35.6 Å². The number of carbonyl (C=O) groups is 4. The molecule has 63 heavy (non-hydrogen) atoms. The fourth-order valence-corrected chi connectivity index (χ4v) is 9.74. The van der Waals surface area contributed by atoms with E-state index in [1.165, 1.54) is 11.0 Å². The van der Waals surface area contributed by atoms with E-state index in [9.17, 15) is 27.6 Å². The van der Waals surface area contributed by atoms with Crippen LogP contribution in [-0.4, -0.2) is 95.0 Å². The highest BCUT2D eigenvalue weighted by Gasteiger charge is 2.64. The van der Waals surface area contributed by atoms with E-state index in [0.717, 1.165) is 5.56 Å². The van der Waals surface area contributed by atoms with Gasteiger partial charge in [0, 0.05) is 47.9 Å². The van der Waals surface area contributed by atoms with E-state index in [1.807, 2.05) is 36.4 Å². The summed E-state index contributed by atoms with van der Waals surface area (Å²) in [5.41, 5.74) is -0.876. The maximum absolute atomic E-state index is 14.8. The van der Waals surface area contributed by atoms with Crippen LogP contribution in [0.2, 0.25) is 0 Å². The number of pyridine rings is 1. The van der Waals surface area contributed by atoms with E-state index in [4.69, 9.17) is 23.7 Å². The Morgan fingerprint density at radius 1 is 1.03 bits per heavy atom. The van der Waals surface area contributed by atoms with Crippen LogP contribution in [0.15, 0.2) is 77.8 Å². The van der Waals surface area contributed by atoms with E-state index in [0.29, 0.717) is 52.4 Å². The van der Waals surface area contributed by atoms with E-state index in [1.54, 1.807) is 79.8 Å². The van der Waals surface area contributed by atoms with Gasteiger partial charge in [-0.1, -0.05) is 62.3 Å². The molecule has 4 aromatic rings. The topological polar surface area (TPSA) is 208 Å². The predicted octanol–water partition coefficient (Wildman–Crippen LogP) is 5.78. The third kappa shape index (κ3) is 9.53. The normalized spacial score (nSPS) is 22.1. The van der Waals surface area contributed by atoms with Gasteiger partial charge in [0.2, 0.25) is 21.8 Å². The molecule has 16 nitrogen and oxygen atoms in total. The molecule has 3 aliphatic rings. The lowest BCUT2D eigenvalue weighted by molar-refractivity contribution is -0.143. The standard InChI is InChI=1S/C46H56N6O10S/c1-10-29-24-46(29,41(55)51-63(57,58)45(18-19-45)25-30-20-27(2)62-50-30)49-39(53)36-22-32(26-52(36)40(54)38(43(3,4)5)48-42(56)61-44(6,7)8)60-37-23-34(28-14-12-11-13-15-28)47-35-21-31(59-9)16-17-33(35)37/h10-17,20-21,23,29,32,36,38H,1,18-19,22,24-26H2,2-9H3,(H,48,56)(H,49,53)(H,51,55)/t29-,32-,36+,38-,46-/m1/s1. The van der Waals surface area contributed by atoms with E-state index < -0.39 is 79.2 Å². The number of fused-ring (bicyclic) bond motifs is 1. The highest BCUT2D eigenvalue weighted by molar-refractivity contribution is 7.91. The molecule has 336 valence electrons. The molecular formula is C46H56N6O10S. The molecule has 17 heteroatoms. The van der Waals surface area contributed by atoms with Crippen LogP contribution in [0.5, 0.6) is 11.5 Å². The number of carbonyl (C=O) groups excluding carboxylic acids is 4. The second-order valence-electron chi connectivity index (χ2n) is 18.9. The van der Waals surface area contributed by atoms with Crippen LogP contribution >= 0.6 is 0 Å². The van der Waals surface area contributed by atoms with Gasteiger partial charge < -0.3 is 34.3 Å². The number of methoxy groups -OCH3 is 1. The number of rotatable bonds is 14. The molecule has 2 saturated carbocycles. The van der Waals surface area contributed by atoms with Gasteiger partial charge in [0.05, 0.1) is 35.3 Å². The van der Waals surface area contributed by atoms with Crippen LogP contribution in [0, 0.1) is 18.3 Å². The molecule has 1 aliphatic heterocycles. The van der Waals surface area contributed by atoms with Crippen molar-refractivity contribution >= 4 is 44.7 Å². The minimum absolute atomic E-state index is 0.0174. The second-order valence-corrected chi connectivity index (χ2v) is 21.0. The second kappa shape index (κ2) is 16.6. The van der Waals surface area contributed by atoms with Crippen molar-refractivity contribution in [1.82, 2.24) is 30.4 Å². The summed E-state index contributed by atoms with van der Waals surface area (Å²) in [6, 6.07) is 16.0. The highest BCUT2D eigenvalue weighted by atomic mass is 32.2. The summed E-state index contributed by atoms with van der Waals surface area (Å²) in [5.74, 6) is -1.22. The Morgan fingerprint density at radius 2 is 1.75 bits per heavy atom. The van der Waals surface area contributed by atoms with Gasteiger partial charge in [-0.15, -0.1) is 6.58 Å². The van der Waals surface area contributed by atoms with Gasteiger partial charge in [-0.05, 0) is 64.5 Å². The molecule has 0 radical (unpaired) electrons. The molecule has 3 fully saturated rings. The molecule has 2 aromatic heterocycles. The molecule has 5 atom stereocenters. The molecule has 7 rings (SSSR count). The van der Waals surface area contributed by atoms with Gasteiger partial charge in [-0.2, -0.15) is 0 Å². The SMILES string of the molecule is C=C[C@@H]1C[C@]1(NC(=O)[C@@H]1C[C@@H](Oc2cc(-c3ccccc3)nc3cc(OC)ccc23)CN1C(=O)[C@@H](NC(=O)OC(C)(C)C)C(C)(C)C)C(=O)NS(=O)(=O)C1(Cc2cc(C)on2)CC1. The van der Waals surface area contributed by atoms with E-state index in [2.05, 4.69) is 27.1 Å². The summed E-state index contributed by atoms with van der Waals surface area (Å²) in [5, 5.41) is 10.2. The summed E-state index contributed by atoms with van der Waals surface area (Å²) >= 11 is 0. The van der Waals surface area contributed by atoms with Crippen LogP contribution in [0.4, 0.5) is 4.79 Å². The first kappa shape index (κ1) is 45.1. The van der Waals surface area contributed by atoms with Gasteiger partial charge in [-0.3, -0.25) is 19.1 Å². The van der Waals surface area contributed by atoms with Crippen molar-refractivity contribution in [3.05, 3.63) is 84.8 Å². The first-order valence-corrected chi connectivity index (χ1v) is 22.5. The van der Waals surface area contributed by atoms with E-state index >= 15 is 0 Å². The zero-order chi connectivity index (χ0) is 45.7. The molecule has 2 aromatic carbocycles. The maximum Gasteiger partial charge on any atom is 0.408 e. The predicted molar refractivity (Wildman–Crippen MR) is 234 cm³/mol. The van der Waals surface area contributed by atoms with Crippen molar-refractivity contribution in [1.29, 1.82) is 0 Å². The average molecular weight is 885 g/mol. The lowest BCUT2D eigenvalue weighted by Gasteiger charge is -2.36. The molecule has 2 aliphatic carbocycles. The smallest absolute Gasteiger partial charge is 0.408 e. The molecule has 0 bridgehead atoms. The number of alkyl carbamates (subject to hydrolysis) is 1. The highest BCUT2D eigenvalue weighted by Crippen LogP contribution is 2.48. The van der Waals surface area contributed by atoms with Crippen molar-refractivity contribution in [2.75, 3.05) is 13.7 Å². The Bertz CT molecular complexity index is 2540. The number of benzene rings is 2. The number of hydrogen-bond donors (Lipinski definition) is 3. The monoisotopic (exact) mass is 884 g/mol. The van der Waals surface area contributed by atoms with Crippen molar-refractivity contribution in [2.24, 2.45) is 11.3 Å². The Labute approximate surface area is 367 Å². The molecule has 3 heterocycles. The van der Waals surface area contributed by atoms with Crippen LogP contribution in [0.25, 0.3) is 22.2 Å². The quantitative estimate of drug-likeness (QED) is 0.129. The Balaban J connectivity index is 1.20. The van der Waals surface area contributed by atoms with Gasteiger partial charge in [0.25, 0.3) is 5.91 Å². The zero-order valence-corrected chi connectivity index (χ0v) is 37.8. The largest absolute Gasteiger partial charge is 0.497 e. The molecule has 1 saturated heterocycles. The molecular weight excluding hydrogens is 829 g/mol. The van der Waals surface area contributed by atoms with Crippen LogP contribution in [0.3, 0.4) is 0 Å². The first-order valence-electron chi connectivity index (χ1n) is 21.0. The number of ether oxygens (including phenoxy) is 3. The number of aryl methyl sites for hydroxylation is 1. The third-order valence-electron chi connectivity index (χ3n) is 11.8. The average Bonchev–Trinajstić information content (AvgIpc) is 4.06. The molecule has 3 N–H and O–H groups in total. The first-order chi connectivity index (χ1) is 29.6. The molecule has 0 spiro atoms. The lowest BCUT2D eigenvalue weighted by atomic mass is 9.85. The van der Waals surface area contributed by atoms with Crippen LogP contribution < -0.4 is 24.8 Å². The molecule has 4 amide bonds. The minimum Gasteiger partial charge on any atom is -0.497 e. The number of hydrogen-bond acceptors (Lipinski definition) is 12. The van der Waals surface area contributed by atoms with Gasteiger partial charge in [-0.25, -0.2) is 18.2 Å². The summed E-state index contributed by atoms with van der Waals surface area (Å²) in [4.78, 5) is 63.1. The van der Waals surface area contributed by atoms with Gasteiger partial charge >= 0.3 is 6.09 Å². The Hall–Kier alpha value is -5.97. The Kier molecular flexibility index (Phi) is 11.9. The minimum atomic E-state index is -4.25. The van der Waals surface area contributed by atoms with Gasteiger partial charge in [0.15, 0.2) is 0 Å². The summed E-state index contributed by atoms with van der Waals surface area (Å²) in [6.07, 6.45) is 0.656. The fourth-order valence-electron chi connectivity index (χ4n) is 8.12. The van der Waals surface area contributed by atoms with Crippen molar-refractivity contribution in [3.63, 3.8) is 0 Å². The number of amides is 4. The summed E-state index contributed by atoms with van der Waals surface area (Å²) in [6.45, 7) is 15.9. The third-order valence-corrected chi connectivity index (χ3v) is 13.9. The van der Waals surface area contributed by atoms with Crippen molar-refractivity contribution in [3.8, 4) is 22.8 Å². The number of likely N-dealkylation sites (tertiary alicyclic amines) is 1. The zero-order valence-electron chi connectivity index (χ0n) is 36.9. The number of nitrogens with zero attached hydrogens (tertiary/aromatic N) is 3. The Morgan fingerprint density at radius 3 is 2.33 bits per heavy atom. The van der Waals surface area contributed by atoms with E-state index in [-0.39, 0.29) is 25.8 Å². The van der Waals surface area contributed by atoms with Crippen molar-refractivity contribution < 1.29 is 46.3 Å². The van der Waals surface area contributed by atoms with Crippen molar-refractivity contribution in [2.45, 2.75) is 115 Å². The lowest BCUT2D eigenvalue weighted by Crippen LogP contribution is -2.60.